The molecular weight excluding hydrogens is 333 g/mol. The van der Waals surface area contributed by atoms with Crippen LogP contribution in [0.4, 0.5) is 13.2 Å². The molecule has 0 radical (unpaired) electrons. The number of carbonyl (C=O) groups is 1. The molecule has 0 atom stereocenters. The smallest absolute Gasteiger partial charge is 0.294 e. The van der Waals surface area contributed by atoms with Gasteiger partial charge in [0.15, 0.2) is 5.78 Å². The van der Waals surface area contributed by atoms with Gasteiger partial charge in [0.05, 0.1) is 5.56 Å². The van der Waals surface area contributed by atoms with E-state index < -0.39 is 11.7 Å². The summed E-state index contributed by atoms with van der Waals surface area (Å²) in [5.74, 6) is -0.223. The highest BCUT2D eigenvalue weighted by molar-refractivity contribution is 9.10. The van der Waals surface area contributed by atoms with Crippen molar-refractivity contribution in [2.24, 2.45) is 0 Å². The zero-order valence-corrected chi connectivity index (χ0v) is 13.0. The summed E-state index contributed by atoms with van der Waals surface area (Å²) in [6, 6.07) is 3.65. The van der Waals surface area contributed by atoms with Gasteiger partial charge in [-0.15, -0.1) is 0 Å². The number of benzene rings is 1. The molecule has 0 aliphatic heterocycles. The van der Waals surface area contributed by atoms with E-state index in [1.807, 2.05) is 0 Å². The van der Waals surface area contributed by atoms with Gasteiger partial charge in [0.2, 0.25) is 0 Å². The van der Waals surface area contributed by atoms with Gasteiger partial charge < -0.3 is 0 Å². The third-order valence-electron chi connectivity index (χ3n) is 3.10. The molecule has 1 aromatic carbocycles. The summed E-state index contributed by atoms with van der Waals surface area (Å²) in [6.45, 7) is 2.10. The van der Waals surface area contributed by atoms with Crippen LogP contribution in [0, 0.1) is 0 Å². The normalized spacial score (nSPS) is 11.7. The van der Waals surface area contributed by atoms with E-state index in [0.29, 0.717) is 6.42 Å². The highest BCUT2D eigenvalue weighted by atomic mass is 79.9. The highest BCUT2D eigenvalue weighted by Crippen LogP contribution is 2.35. The number of alkyl halides is 3. The van der Waals surface area contributed by atoms with Gasteiger partial charge in [0, 0.05) is 16.5 Å². The molecule has 0 N–H and O–H groups in total. The van der Waals surface area contributed by atoms with Gasteiger partial charge in [-0.1, -0.05) is 54.6 Å². The minimum atomic E-state index is -4.45. The molecule has 20 heavy (non-hydrogen) atoms. The van der Waals surface area contributed by atoms with Crippen LogP contribution in [-0.4, -0.2) is 5.78 Å². The Morgan fingerprint density at radius 1 is 1.15 bits per heavy atom. The van der Waals surface area contributed by atoms with Crippen LogP contribution in [0.1, 0.15) is 61.4 Å². The largest absolute Gasteiger partial charge is 0.417 e. The molecule has 5 heteroatoms. The molecule has 0 heterocycles. The molecule has 1 aromatic rings. The zero-order valence-electron chi connectivity index (χ0n) is 11.4. The Morgan fingerprint density at radius 2 is 1.80 bits per heavy atom. The summed E-state index contributed by atoms with van der Waals surface area (Å²) in [5.41, 5.74) is -0.662. The SMILES string of the molecule is CCCCCCCC(=O)c1ccc(Br)c(C(F)(F)F)c1. The van der Waals surface area contributed by atoms with Gasteiger partial charge in [-0.3, -0.25) is 4.79 Å². The predicted molar refractivity (Wildman–Crippen MR) is 76.9 cm³/mol. The van der Waals surface area contributed by atoms with Gasteiger partial charge in [-0.25, -0.2) is 0 Å². The van der Waals surface area contributed by atoms with Crippen LogP contribution in [0.15, 0.2) is 22.7 Å². The van der Waals surface area contributed by atoms with Crippen molar-refractivity contribution in [2.75, 3.05) is 0 Å². The second-order valence-corrected chi connectivity index (χ2v) is 5.63. The lowest BCUT2D eigenvalue weighted by molar-refractivity contribution is -0.138. The molecule has 0 aliphatic carbocycles. The topological polar surface area (TPSA) is 17.1 Å². The van der Waals surface area contributed by atoms with E-state index in [1.165, 1.54) is 12.1 Å². The Morgan fingerprint density at radius 3 is 2.40 bits per heavy atom. The summed E-state index contributed by atoms with van der Waals surface area (Å²) >= 11 is 2.87. The Balaban J connectivity index is 2.65. The third kappa shape index (κ3) is 5.27. The molecule has 1 rings (SSSR count). The maximum Gasteiger partial charge on any atom is 0.417 e. The summed E-state index contributed by atoms with van der Waals surface area (Å²) in [4.78, 5) is 11.9. The van der Waals surface area contributed by atoms with E-state index in [1.54, 1.807) is 0 Å². The number of hydrogen-bond donors (Lipinski definition) is 0. The van der Waals surface area contributed by atoms with Crippen LogP contribution in [0.5, 0.6) is 0 Å². The molecular formula is C15H18BrF3O. The first-order chi connectivity index (χ1) is 9.36. The van der Waals surface area contributed by atoms with Crippen LogP contribution >= 0.6 is 15.9 Å². The monoisotopic (exact) mass is 350 g/mol. The highest BCUT2D eigenvalue weighted by Gasteiger charge is 2.33. The van der Waals surface area contributed by atoms with E-state index in [-0.39, 0.29) is 15.8 Å². The van der Waals surface area contributed by atoms with Crippen molar-refractivity contribution in [3.05, 3.63) is 33.8 Å². The third-order valence-corrected chi connectivity index (χ3v) is 3.79. The van der Waals surface area contributed by atoms with Crippen LogP contribution < -0.4 is 0 Å². The fraction of sp³-hybridized carbons (Fsp3) is 0.533. The lowest BCUT2D eigenvalue weighted by atomic mass is 10.0. The number of hydrogen-bond acceptors (Lipinski definition) is 1. The van der Waals surface area contributed by atoms with Crippen LogP contribution in [-0.2, 0) is 6.18 Å². The van der Waals surface area contributed by atoms with Crippen molar-refractivity contribution < 1.29 is 18.0 Å². The minimum absolute atomic E-state index is 0.0375. The molecule has 0 fully saturated rings. The molecule has 0 aliphatic rings. The van der Waals surface area contributed by atoms with Gasteiger partial charge in [-0.05, 0) is 18.6 Å². The Hall–Kier alpha value is -0.840. The predicted octanol–water partition coefficient (Wildman–Crippen LogP) is 6.01. The molecule has 0 saturated heterocycles. The summed E-state index contributed by atoms with van der Waals surface area (Å²) < 4.78 is 38.2. The lowest BCUT2D eigenvalue weighted by Crippen LogP contribution is -2.08. The quantitative estimate of drug-likeness (QED) is 0.434. The molecule has 1 nitrogen and oxygen atoms in total. The molecule has 0 amide bonds. The number of ketones is 1. The Kier molecular flexibility index (Phi) is 6.72. The fourth-order valence-corrected chi connectivity index (χ4v) is 2.42. The minimum Gasteiger partial charge on any atom is -0.294 e. The number of rotatable bonds is 7. The first-order valence-corrected chi connectivity index (χ1v) is 7.55. The van der Waals surface area contributed by atoms with Gasteiger partial charge >= 0.3 is 6.18 Å². The van der Waals surface area contributed by atoms with Gasteiger partial charge in [0.1, 0.15) is 0 Å². The van der Waals surface area contributed by atoms with E-state index in [2.05, 4.69) is 22.9 Å². The van der Waals surface area contributed by atoms with Crippen molar-refractivity contribution >= 4 is 21.7 Å². The molecule has 0 aromatic heterocycles. The first kappa shape index (κ1) is 17.2. The standard InChI is InChI=1S/C15H18BrF3O/c1-2-3-4-5-6-7-14(20)11-8-9-13(16)12(10-11)15(17,18)19/h8-10H,2-7H2,1H3. The summed E-state index contributed by atoms with van der Waals surface area (Å²) in [6.07, 6.45) is 0.857. The molecule has 0 spiro atoms. The summed E-state index contributed by atoms with van der Waals surface area (Å²) in [7, 11) is 0. The van der Waals surface area contributed by atoms with E-state index >= 15 is 0 Å². The van der Waals surface area contributed by atoms with E-state index in [9.17, 15) is 18.0 Å². The second-order valence-electron chi connectivity index (χ2n) is 4.78. The van der Waals surface area contributed by atoms with E-state index in [0.717, 1.165) is 38.2 Å². The average Bonchev–Trinajstić information content (AvgIpc) is 2.37. The van der Waals surface area contributed by atoms with Crippen LogP contribution in [0.3, 0.4) is 0 Å². The fourth-order valence-electron chi connectivity index (χ4n) is 1.95. The van der Waals surface area contributed by atoms with E-state index in [4.69, 9.17) is 0 Å². The number of Topliss-reactive ketones (excluding diaryl/α,β-unsaturated/α-hetero) is 1. The Labute approximate surface area is 125 Å². The molecule has 0 saturated carbocycles. The summed E-state index contributed by atoms with van der Waals surface area (Å²) in [5, 5.41) is 0. The number of unbranched alkanes of at least 4 members (excludes halogenated alkanes) is 4. The molecule has 0 unspecified atom stereocenters. The first-order valence-electron chi connectivity index (χ1n) is 6.76. The van der Waals surface area contributed by atoms with Crippen molar-refractivity contribution in [3.63, 3.8) is 0 Å². The van der Waals surface area contributed by atoms with Gasteiger partial charge in [0.25, 0.3) is 0 Å². The second kappa shape index (κ2) is 7.81. The van der Waals surface area contributed by atoms with Crippen molar-refractivity contribution in [2.45, 2.75) is 51.6 Å². The van der Waals surface area contributed by atoms with Gasteiger partial charge in [-0.2, -0.15) is 13.2 Å². The van der Waals surface area contributed by atoms with Crippen LogP contribution in [0.2, 0.25) is 0 Å². The van der Waals surface area contributed by atoms with Crippen molar-refractivity contribution in [1.82, 2.24) is 0 Å². The zero-order chi connectivity index (χ0) is 15.2. The maximum atomic E-state index is 12.7. The number of halogens is 4. The Bertz CT molecular complexity index is 455. The molecule has 112 valence electrons. The average molecular weight is 351 g/mol. The van der Waals surface area contributed by atoms with Crippen molar-refractivity contribution in [1.29, 1.82) is 0 Å². The van der Waals surface area contributed by atoms with Crippen molar-refractivity contribution in [3.8, 4) is 0 Å². The maximum absolute atomic E-state index is 12.7. The lowest BCUT2D eigenvalue weighted by Gasteiger charge is -2.10. The molecule has 0 bridgehead atoms. The number of carbonyl (C=O) groups excluding carboxylic acids is 1. The van der Waals surface area contributed by atoms with Crippen LogP contribution in [0.25, 0.3) is 0 Å².